The van der Waals surface area contributed by atoms with Crippen LogP contribution >= 0.6 is 0 Å². The molecule has 3 aliphatic rings. The summed E-state index contributed by atoms with van der Waals surface area (Å²) in [6.45, 7) is 9.94. The molecule has 0 saturated carbocycles. The molecule has 3 aliphatic heterocycles. The molecule has 7 heteroatoms. The summed E-state index contributed by atoms with van der Waals surface area (Å²) in [6.07, 6.45) is 2.47. The Morgan fingerprint density at radius 1 is 1.27 bits per heavy atom. The Labute approximate surface area is 154 Å². The fourth-order valence-corrected chi connectivity index (χ4v) is 4.63. The largest absolute Gasteiger partial charge is 0.459 e. The van der Waals surface area contributed by atoms with Crippen molar-refractivity contribution in [2.24, 2.45) is 5.92 Å². The summed E-state index contributed by atoms with van der Waals surface area (Å²) in [6, 6.07) is 0.286. The molecule has 2 saturated heterocycles. The highest BCUT2D eigenvalue weighted by molar-refractivity contribution is 5.83. The molecule has 3 rings (SSSR count). The summed E-state index contributed by atoms with van der Waals surface area (Å²) in [5, 5.41) is 21.4. The molecule has 0 radical (unpaired) electrons. The van der Waals surface area contributed by atoms with Crippen molar-refractivity contribution in [2.75, 3.05) is 19.7 Å². The van der Waals surface area contributed by atoms with Gasteiger partial charge in [-0.15, -0.1) is 0 Å². The third kappa shape index (κ3) is 2.52. The van der Waals surface area contributed by atoms with Crippen LogP contribution in [0.3, 0.4) is 0 Å². The Hall–Kier alpha value is -1.44. The van der Waals surface area contributed by atoms with E-state index < -0.39 is 29.1 Å². The van der Waals surface area contributed by atoms with Crippen LogP contribution in [0.25, 0.3) is 0 Å². The molecule has 0 aromatic carbocycles. The maximum Gasteiger partial charge on any atom is 0.341 e. The van der Waals surface area contributed by atoms with Crippen molar-refractivity contribution in [3.05, 3.63) is 11.6 Å². The second kappa shape index (κ2) is 6.04. The summed E-state index contributed by atoms with van der Waals surface area (Å²) < 4.78 is 12.0. The van der Waals surface area contributed by atoms with Crippen molar-refractivity contribution in [1.29, 1.82) is 0 Å². The molecular formula is C19H30NO6+. The molecule has 0 amide bonds. The number of cyclic esters (lactones) is 1. The zero-order valence-corrected chi connectivity index (χ0v) is 16.2. The first-order valence-electron chi connectivity index (χ1n) is 9.33. The quantitative estimate of drug-likeness (QED) is 0.398. The van der Waals surface area contributed by atoms with E-state index in [9.17, 15) is 19.8 Å². The van der Waals surface area contributed by atoms with Crippen LogP contribution in [0.4, 0.5) is 0 Å². The van der Waals surface area contributed by atoms with Gasteiger partial charge >= 0.3 is 11.9 Å². The Morgan fingerprint density at radius 2 is 1.92 bits per heavy atom. The molecule has 0 aromatic heterocycles. The van der Waals surface area contributed by atoms with E-state index in [0.717, 1.165) is 29.6 Å². The van der Waals surface area contributed by atoms with Gasteiger partial charge in [0.2, 0.25) is 0 Å². The Kier molecular flexibility index (Phi) is 4.49. The molecule has 0 aromatic rings. The maximum atomic E-state index is 12.7. The molecule has 0 bridgehead atoms. The van der Waals surface area contributed by atoms with Crippen molar-refractivity contribution in [3.63, 3.8) is 0 Å². The highest BCUT2D eigenvalue weighted by atomic mass is 16.6. The van der Waals surface area contributed by atoms with Gasteiger partial charge in [0.05, 0.1) is 25.0 Å². The molecule has 146 valence electrons. The van der Waals surface area contributed by atoms with E-state index in [0.29, 0.717) is 6.04 Å². The van der Waals surface area contributed by atoms with Crippen LogP contribution < -0.4 is 0 Å². The second-order valence-corrected chi connectivity index (χ2v) is 8.61. The van der Waals surface area contributed by atoms with Gasteiger partial charge in [0.15, 0.2) is 17.7 Å². The second-order valence-electron chi connectivity index (χ2n) is 8.61. The molecule has 2 fully saturated rings. The van der Waals surface area contributed by atoms with Crippen LogP contribution in [0, 0.1) is 5.92 Å². The van der Waals surface area contributed by atoms with Crippen LogP contribution in [-0.2, 0) is 19.1 Å². The first kappa shape index (κ1) is 19.3. The average Bonchev–Trinajstić information content (AvgIpc) is 3.10. The fraction of sp³-hybridized carbons (Fsp3) is 0.789. The topological polar surface area (TPSA) is 93.1 Å². The lowest BCUT2D eigenvalue weighted by atomic mass is 9.76. The van der Waals surface area contributed by atoms with Gasteiger partial charge in [-0.05, 0) is 40.7 Å². The molecule has 3 heterocycles. The van der Waals surface area contributed by atoms with Crippen LogP contribution in [0.15, 0.2) is 11.6 Å². The van der Waals surface area contributed by atoms with Crippen molar-refractivity contribution in [1.82, 2.24) is 0 Å². The van der Waals surface area contributed by atoms with Gasteiger partial charge in [-0.1, -0.05) is 0 Å². The number of aliphatic hydroxyl groups is 2. The van der Waals surface area contributed by atoms with Gasteiger partial charge in [0.1, 0.15) is 12.2 Å². The van der Waals surface area contributed by atoms with E-state index in [1.165, 1.54) is 20.8 Å². The van der Waals surface area contributed by atoms with E-state index in [2.05, 4.69) is 19.9 Å². The number of carbonyl (C=O) groups is 2. The van der Waals surface area contributed by atoms with E-state index in [1.807, 2.05) is 0 Å². The van der Waals surface area contributed by atoms with Gasteiger partial charge in [-0.2, -0.15) is 0 Å². The number of quaternary nitrogens is 1. The van der Waals surface area contributed by atoms with Gasteiger partial charge < -0.3 is 24.2 Å². The Balaban J connectivity index is 2.01. The number of esters is 2. The predicted octanol–water partition coefficient (Wildman–Crippen LogP) is 0.531. The molecule has 6 atom stereocenters. The molecule has 0 spiro atoms. The van der Waals surface area contributed by atoms with Crippen molar-refractivity contribution in [3.8, 4) is 0 Å². The smallest absolute Gasteiger partial charge is 0.341 e. The van der Waals surface area contributed by atoms with Gasteiger partial charge in [0, 0.05) is 12.0 Å². The molecule has 26 heavy (non-hydrogen) atoms. The highest BCUT2D eigenvalue weighted by Gasteiger charge is 2.59. The van der Waals surface area contributed by atoms with Crippen LogP contribution in [0.5, 0.6) is 0 Å². The third-order valence-corrected chi connectivity index (χ3v) is 7.06. The standard InChI is InChI=1S/C19H30NO6/c1-11(2)20-8-6-13-10-25-17(22)19(5,24)18(4,23)12(3)16(21)26-14(7-9-20)15(13)20/h6,11-12,14-15,23-24H,7-10H2,1-5H3/q+1/t12-,14-,15+,18-,19+,20?/m0/s1. The molecule has 0 aliphatic carbocycles. The Morgan fingerprint density at radius 3 is 2.54 bits per heavy atom. The highest BCUT2D eigenvalue weighted by Crippen LogP contribution is 2.42. The summed E-state index contributed by atoms with van der Waals surface area (Å²) >= 11 is 0. The Bertz CT molecular complexity index is 652. The molecule has 2 N–H and O–H groups in total. The summed E-state index contributed by atoms with van der Waals surface area (Å²) in [7, 11) is 0. The van der Waals surface area contributed by atoms with Gasteiger partial charge in [0.25, 0.3) is 0 Å². The zero-order valence-electron chi connectivity index (χ0n) is 16.2. The molecule has 1 unspecified atom stereocenters. The summed E-state index contributed by atoms with van der Waals surface area (Å²) in [4.78, 5) is 25.2. The summed E-state index contributed by atoms with van der Waals surface area (Å²) in [5.41, 5.74) is -3.32. The van der Waals surface area contributed by atoms with Crippen molar-refractivity contribution in [2.45, 2.75) is 70.4 Å². The van der Waals surface area contributed by atoms with E-state index >= 15 is 0 Å². The number of hydrogen-bond acceptors (Lipinski definition) is 6. The normalized spacial score (nSPS) is 46.3. The minimum Gasteiger partial charge on any atom is -0.459 e. The SMILES string of the molecule is CC(C)[N+]12CC=C3COC(=O)[C@@](C)(O)[C@@](C)(O)[C@@H](C)C(=O)O[C@@H](CC1)[C@@H]32. The van der Waals surface area contributed by atoms with Gasteiger partial charge in [-0.25, -0.2) is 4.79 Å². The number of rotatable bonds is 1. The predicted molar refractivity (Wildman–Crippen MR) is 92.9 cm³/mol. The molecular weight excluding hydrogens is 338 g/mol. The van der Waals surface area contributed by atoms with E-state index in [-0.39, 0.29) is 18.8 Å². The number of nitrogens with zero attached hydrogens (tertiary/aromatic N) is 1. The number of carbonyl (C=O) groups excluding carboxylic acids is 2. The van der Waals surface area contributed by atoms with E-state index in [1.54, 1.807) is 0 Å². The molecule has 7 nitrogen and oxygen atoms in total. The summed E-state index contributed by atoms with van der Waals surface area (Å²) in [5.74, 6) is -2.63. The third-order valence-electron chi connectivity index (χ3n) is 7.06. The van der Waals surface area contributed by atoms with Crippen LogP contribution in [0.2, 0.25) is 0 Å². The van der Waals surface area contributed by atoms with Gasteiger partial charge in [-0.3, -0.25) is 4.79 Å². The monoisotopic (exact) mass is 368 g/mol. The first-order valence-corrected chi connectivity index (χ1v) is 9.33. The lowest BCUT2D eigenvalue weighted by Gasteiger charge is -2.40. The lowest BCUT2D eigenvalue weighted by Crippen LogP contribution is -2.61. The first-order chi connectivity index (χ1) is 11.9. The average molecular weight is 368 g/mol. The minimum absolute atomic E-state index is 0.0326. The minimum atomic E-state index is -2.23. The number of ether oxygens (including phenoxy) is 2. The van der Waals surface area contributed by atoms with Crippen molar-refractivity contribution < 1.29 is 33.8 Å². The lowest BCUT2D eigenvalue weighted by molar-refractivity contribution is -0.945. The number of hydrogen-bond donors (Lipinski definition) is 2. The fourth-order valence-electron chi connectivity index (χ4n) is 4.63. The van der Waals surface area contributed by atoms with Crippen LogP contribution in [0.1, 0.15) is 41.0 Å². The van der Waals surface area contributed by atoms with E-state index in [4.69, 9.17) is 9.47 Å². The maximum absolute atomic E-state index is 12.7. The van der Waals surface area contributed by atoms with Crippen molar-refractivity contribution >= 4 is 11.9 Å². The van der Waals surface area contributed by atoms with Crippen LogP contribution in [-0.4, -0.2) is 75.7 Å². The zero-order chi connectivity index (χ0) is 19.5.